The molecule has 0 aliphatic heterocycles. The van der Waals surface area contributed by atoms with Crippen LogP contribution in [-0.4, -0.2) is 31.6 Å². The van der Waals surface area contributed by atoms with Crippen molar-refractivity contribution < 1.29 is 19.0 Å². The molecule has 7 heteroatoms. The summed E-state index contributed by atoms with van der Waals surface area (Å²) in [4.78, 5) is 13.0. The maximum Gasteiger partial charge on any atom is 0.221 e. The van der Waals surface area contributed by atoms with E-state index in [-0.39, 0.29) is 15.6 Å². The van der Waals surface area contributed by atoms with E-state index >= 15 is 0 Å². The number of alkyl halides is 1. The summed E-state index contributed by atoms with van der Waals surface area (Å²) in [5.41, 5.74) is 0.676. The number of halogens is 1. The second kappa shape index (κ2) is 7.96. The van der Waals surface area contributed by atoms with Gasteiger partial charge in [0.05, 0.1) is 27.4 Å². The van der Waals surface area contributed by atoms with E-state index in [0.29, 0.717) is 29.2 Å². The predicted molar refractivity (Wildman–Crippen MR) is 116 cm³/mol. The first kappa shape index (κ1) is 21.3. The van der Waals surface area contributed by atoms with Crippen molar-refractivity contribution in [3.8, 4) is 23.3 Å². The Bertz CT molecular complexity index is 841. The lowest BCUT2D eigenvalue weighted by molar-refractivity contribution is -0.128. The number of nitrogens with zero attached hydrogens (tertiary/aromatic N) is 1. The summed E-state index contributed by atoms with van der Waals surface area (Å²) < 4.78 is 16.3. The fourth-order valence-electron chi connectivity index (χ4n) is 6.55. The molecule has 1 aromatic rings. The number of nitriles is 1. The summed E-state index contributed by atoms with van der Waals surface area (Å²) in [6, 6.07) is 4.86. The molecule has 0 radical (unpaired) electrons. The molecule has 4 aliphatic rings. The Morgan fingerprint density at radius 1 is 1.17 bits per heavy atom. The van der Waals surface area contributed by atoms with Crippen molar-refractivity contribution in [1.82, 2.24) is 5.32 Å². The van der Waals surface area contributed by atoms with Crippen molar-refractivity contribution in [2.24, 2.45) is 17.3 Å². The van der Waals surface area contributed by atoms with Gasteiger partial charge >= 0.3 is 0 Å². The molecule has 162 valence electrons. The normalized spacial score (nSPS) is 32.2. The zero-order valence-electron chi connectivity index (χ0n) is 17.8. The molecule has 1 N–H and O–H groups in total. The average Bonchev–Trinajstić information content (AvgIpc) is 2.68. The zero-order valence-corrected chi connectivity index (χ0v) is 19.4. The summed E-state index contributed by atoms with van der Waals surface area (Å²) in [7, 11) is 4.60. The van der Waals surface area contributed by atoms with Gasteiger partial charge in [0.2, 0.25) is 11.7 Å². The number of methoxy groups -OCH3 is 3. The maximum absolute atomic E-state index is 13.0. The Balaban J connectivity index is 1.51. The number of carbonyl (C=O) groups excluding carboxylic acids is 1. The van der Waals surface area contributed by atoms with Crippen LogP contribution in [0.25, 0.3) is 0 Å². The third kappa shape index (κ3) is 3.87. The second-order valence-corrected chi connectivity index (χ2v) is 11.1. The van der Waals surface area contributed by atoms with Crippen LogP contribution in [0.3, 0.4) is 0 Å². The van der Waals surface area contributed by atoms with Gasteiger partial charge in [0.1, 0.15) is 6.04 Å². The number of hydrogen-bond acceptors (Lipinski definition) is 5. The van der Waals surface area contributed by atoms with E-state index in [1.54, 1.807) is 12.1 Å². The Labute approximate surface area is 186 Å². The molecule has 0 spiro atoms. The van der Waals surface area contributed by atoms with Crippen LogP contribution >= 0.6 is 15.9 Å². The van der Waals surface area contributed by atoms with Crippen LogP contribution in [-0.2, 0) is 4.79 Å². The minimum absolute atomic E-state index is 0.0617. The predicted octanol–water partition coefficient (Wildman–Crippen LogP) is 4.52. The first-order valence-corrected chi connectivity index (χ1v) is 11.3. The molecule has 1 aromatic carbocycles. The Kier molecular flexibility index (Phi) is 5.65. The highest BCUT2D eigenvalue weighted by Gasteiger charge is 2.57. The van der Waals surface area contributed by atoms with Gasteiger partial charge in [0.15, 0.2) is 11.5 Å². The van der Waals surface area contributed by atoms with E-state index in [2.05, 4.69) is 27.3 Å². The van der Waals surface area contributed by atoms with Crippen LogP contribution in [0.4, 0.5) is 0 Å². The molecule has 4 saturated carbocycles. The minimum Gasteiger partial charge on any atom is -0.493 e. The number of nitrogens with one attached hydrogen (secondary N) is 1. The first-order chi connectivity index (χ1) is 14.3. The van der Waals surface area contributed by atoms with Gasteiger partial charge < -0.3 is 19.5 Å². The van der Waals surface area contributed by atoms with Crippen molar-refractivity contribution in [2.75, 3.05) is 21.3 Å². The van der Waals surface area contributed by atoms with E-state index in [1.165, 1.54) is 40.6 Å². The second-order valence-electron chi connectivity index (χ2n) is 9.38. The van der Waals surface area contributed by atoms with Gasteiger partial charge in [0, 0.05) is 10.7 Å². The van der Waals surface area contributed by atoms with Gasteiger partial charge in [0.25, 0.3) is 0 Å². The Hall–Kier alpha value is -1.94. The standard InChI is InChI=1S/C23H29BrN2O4/c1-28-18-5-16(6-19(29-2)21(18)30-3)17(12-25)26-20(27)11-22-7-14-4-15(8-22)10-23(24,9-14)13-22/h5-6,14-15,17H,4,7-11,13H2,1-3H3,(H,26,27). The highest BCUT2D eigenvalue weighted by Crippen LogP contribution is 2.65. The fraction of sp³-hybridized carbons (Fsp3) is 0.652. The summed E-state index contributed by atoms with van der Waals surface area (Å²) >= 11 is 4.01. The number of amides is 1. The average molecular weight is 477 g/mol. The quantitative estimate of drug-likeness (QED) is 0.585. The van der Waals surface area contributed by atoms with Crippen molar-refractivity contribution >= 4 is 21.8 Å². The van der Waals surface area contributed by atoms with Gasteiger partial charge in [-0.25, -0.2) is 0 Å². The molecule has 30 heavy (non-hydrogen) atoms. The fourth-order valence-corrected chi connectivity index (χ4v) is 8.06. The molecule has 4 aliphatic carbocycles. The van der Waals surface area contributed by atoms with Gasteiger partial charge in [-0.2, -0.15) is 5.26 Å². The van der Waals surface area contributed by atoms with Crippen LogP contribution in [0.2, 0.25) is 0 Å². The largest absolute Gasteiger partial charge is 0.493 e. The lowest BCUT2D eigenvalue weighted by Crippen LogP contribution is -2.54. The van der Waals surface area contributed by atoms with Crippen LogP contribution < -0.4 is 19.5 Å². The summed E-state index contributed by atoms with van der Waals surface area (Å²) in [5.74, 6) is 2.77. The van der Waals surface area contributed by atoms with E-state index in [0.717, 1.165) is 31.1 Å². The van der Waals surface area contributed by atoms with Crippen LogP contribution in [0.5, 0.6) is 17.2 Å². The monoisotopic (exact) mass is 476 g/mol. The highest BCUT2D eigenvalue weighted by atomic mass is 79.9. The molecule has 0 aromatic heterocycles. The Morgan fingerprint density at radius 2 is 1.77 bits per heavy atom. The first-order valence-electron chi connectivity index (χ1n) is 10.5. The molecule has 4 bridgehead atoms. The Morgan fingerprint density at radius 3 is 2.23 bits per heavy atom. The number of benzene rings is 1. The third-order valence-corrected chi connectivity index (χ3v) is 8.03. The molecule has 0 saturated heterocycles. The zero-order chi connectivity index (χ0) is 21.5. The third-order valence-electron chi connectivity index (χ3n) is 7.10. The van der Waals surface area contributed by atoms with Gasteiger partial charge in [-0.15, -0.1) is 0 Å². The van der Waals surface area contributed by atoms with Gasteiger partial charge in [-0.1, -0.05) is 15.9 Å². The van der Waals surface area contributed by atoms with Crippen LogP contribution in [0.1, 0.15) is 56.6 Å². The molecule has 6 nitrogen and oxygen atoms in total. The van der Waals surface area contributed by atoms with Gasteiger partial charge in [-0.3, -0.25) is 4.79 Å². The smallest absolute Gasteiger partial charge is 0.221 e. The van der Waals surface area contributed by atoms with E-state index in [4.69, 9.17) is 14.2 Å². The SMILES string of the molecule is COc1cc(C(C#N)NC(=O)CC23CC4CC(CC(Br)(C4)C2)C3)cc(OC)c1OC. The minimum atomic E-state index is -0.780. The van der Waals surface area contributed by atoms with E-state index < -0.39 is 6.04 Å². The number of hydrogen-bond donors (Lipinski definition) is 1. The number of ether oxygens (including phenoxy) is 3. The van der Waals surface area contributed by atoms with Crippen molar-refractivity contribution in [2.45, 2.75) is 55.3 Å². The molecule has 0 heterocycles. The summed E-state index contributed by atoms with van der Waals surface area (Å²) in [6.45, 7) is 0. The summed E-state index contributed by atoms with van der Waals surface area (Å²) in [5, 5.41) is 12.7. The molecule has 3 atom stereocenters. The molecule has 3 unspecified atom stereocenters. The van der Waals surface area contributed by atoms with Crippen LogP contribution in [0.15, 0.2) is 12.1 Å². The lowest BCUT2D eigenvalue weighted by atomic mass is 9.48. The maximum atomic E-state index is 13.0. The van der Waals surface area contributed by atoms with Gasteiger partial charge in [-0.05, 0) is 73.5 Å². The topological polar surface area (TPSA) is 80.6 Å². The molecule has 4 fully saturated rings. The lowest BCUT2D eigenvalue weighted by Gasteiger charge is -2.60. The molecule has 1 amide bonds. The van der Waals surface area contributed by atoms with Crippen molar-refractivity contribution in [1.29, 1.82) is 5.26 Å². The van der Waals surface area contributed by atoms with Crippen molar-refractivity contribution in [3.05, 3.63) is 17.7 Å². The molecule has 5 rings (SSSR count). The summed E-state index contributed by atoms with van der Waals surface area (Å²) in [6.07, 6.45) is 7.58. The van der Waals surface area contributed by atoms with E-state index in [9.17, 15) is 10.1 Å². The number of rotatable bonds is 7. The van der Waals surface area contributed by atoms with Crippen LogP contribution in [0, 0.1) is 28.6 Å². The molecular formula is C23H29BrN2O4. The van der Waals surface area contributed by atoms with E-state index in [1.807, 2.05) is 0 Å². The van der Waals surface area contributed by atoms with Crippen molar-refractivity contribution in [3.63, 3.8) is 0 Å². The molecular weight excluding hydrogens is 448 g/mol. The highest BCUT2D eigenvalue weighted by molar-refractivity contribution is 9.10. The number of carbonyl (C=O) groups is 1.